The highest BCUT2D eigenvalue weighted by molar-refractivity contribution is 6.31. The van der Waals surface area contributed by atoms with E-state index in [1.54, 1.807) is 6.20 Å². The zero-order valence-electron chi connectivity index (χ0n) is 10.1. The summed E-state index contributed by atoms with van der Waals surface area (Å²) in [6.45, 7) is 0. The Hall–Kier alpha value is -0.580. The van der Waals surface area contributed by atoms with E-state index in [2.05, 4.69) is 10.5 Å². The third kappa shape index (κ3) is 1.79. The van der Waals surface area contributed by atoms with Gasteiger partial charge in [-0.15, -0.1) is 0 Å². The molecule has 0 spiro atoms. The van der Waals surface area contributed by atoms with E-state index in [1.165, 1.54) is 25.7 Å². The molecule has 2 aliphatic carbocycles. The summed E-state index contributed by atoms with van der Waals surface area (Å²) in [6, 6.07) is 0.156. The second-order valence-corrected chi connectivity index (χ2v) is 5.74. The molecule has 0 aliphatic heterocycles. The van der Waals surface area contributed by atoms with Crippen molar-refractivity contribution in [2.45, 2.75) is 31.7 Å². The zero-order chi connectivity index (χ0) is 12.0. The van der Waals surface area contributed by atoms with E-state index < -0.39 is 0 Å². The molecule has 0 bridgehead atoms. The Morgan fingerprint density at radius 2 is 2.12 bits per heavy atom. The van der Waals surface area contributed by atoms with Crippen LogP contribution in [-0.4, -0.2) is 9.78 Å². The summed E-state index contributed by atoms with van der Waals surface area (Å²) in [4.78, 5) is 0. The Morgan fingerprint density at radius 3 is 2.59 bits per heavy atom. The fourth-order valence-electron chi connectivity index (χ4n) is 3.68. The smallest absolute Gasteiger partial charge is 0.0834 e. The van der Waals surface area contributed by atoms with E-state index in [-0.39, 0.29) is 6.04 Å². The average molecular weight is 255 g/mol. The maximum atomic E-state index is 6.21. The van der Waals surface area contributed by atoms with Crippen LogP contribution in [-0.2, 0) is 7.05 Å². The molecule has 4 nitrogen and oxygen atoms in total. The number of hydrogen-bond donors (Lipinski definition) is 2. The molecule has 0 saturated heterocycles. The van der Waals surface area contributed by atoms with Crippen LogP contribution in [0.5, 0.6) is 0 Å². The van der Waals surface area contributed by atoms with E-state index in [0.717, 1.165) is 22.6 Å². The molecule has 0 aromatic carbocycles. The van der Waals surface area contributed by atoms with Gasteiger partial charge in [0.25, 0.3) is 0 Å². The molecular formula is C12H19ClN4. The number of aryl methyl sites for hydroxylation is 1. The maximum absolute atomic E-state index is 6.21. The van der Waals surface area contributed by atoms with Gasteiger partial charge in [0.2, 0.25) is 0 Å². The molecule has 94 valence electrons. The lowest BCUT2D eigenvalue weighted by Crippen LogP contribution is -2.32. The molecule has 3 N–H and O–H groups in total. The van der Waals surface area contributed by atoms with E-state index in [4.69, 9.17) is 17.4 Å². The van der Waals surface area contributed by atoms with Gasteiger partial charge in [0.05, 0.1) is 23.0 Å². The lowest BCUT2D eigenvalue weighted by Gasteiger charge is -2.17. The molecule has 3 atom stereocenters. The molecule has 1 aromatic heterocycles. The first kappa shape index (κ1) is 11.5. The van der Waals surface area contributed by atoms with Gasteiger partial charge in [-0.25, -0.2) is 0 Å². The predicted octanol–water partition coefficient (Wildman–Crippen LogP) is 2.01. The summed E-state index contributed by atoms with van der Waals surface area (Å²) in [5.74, 6) is 8.08. The molecule has 2 aliphatic rings. The van der Waals surface area contributed by atoms with Crippen LogP contribution in [0.2, 0.25) is 5.02 Å². The second kappa shape index (κ2) is 4.26. The minimum atomic E-state index is 0.156. The third-order valence-electron chi connectivity index (χ3n) is 4.52. The van der Waals surface area contributed by atoms with E-state index >= 15 is 0 Å². The fraction of sp³-hybridized carbons (Fsp3) is 0.750. The highest BCUT2D eigenvalue weighted by atomic mass is 35.5. The van der Waals surface area contributed by atoms with Crippen molar-refractivity contribution in [3.63, 3.8) is 0 Å². The number of nitrogens with one attached hydrogen (secondary N) is 1. The molecule has 2 fully saturated rings. The molecule has 0 radical (unpaired) electrons. The molecule has 3 rings (SSSR count). The number of nitrogens with two attached hydrogens (primary N) is 1. The summed E-state index contributed by atoms with van der Waals surface area (Å²) >= 11 is 6.21. The minimum Gasteiger partial charge on any atom is -0.271 e. The zero-order valence-corrected chi connectivity index (χ0v) is 10.8. The second-order valence-electron chi connectivity index (χ2n) is 5.34. The lowest BCUT2D eigenvalue weighted by molar-refractivity contribution is 0.429. The van der Waals surface area contributed by atoms with Crippen LogP contribution in [0.15, 0.2) is 6.20 Å². The molecule has 5 heteroatoms. The van der Waals surface area contributed by atoms with Crippen LogP contribution >= 0.6 is 11.6 Å². The highest BCUT2D eigenvalue weighted by Gasteiger charge is 2.55. The first-order valence-corrected chi connectivity index (χ1v) is 6.75. The normalized spacial score (nSPS) is 33.2. The van der Waals surface area contributed by atoms with Crippen LogP contribution in [0, 0.1) is 17.8 Å². The maximum Gasteiger partial charge on any atom is 0.0834 e. The van der Waals surface area contributed by atoms with Crippen molar-refractivity contribution >= 4 is 11.6 Å². The fourth-order valence-corrected chi connectivity index (χ4v) is 3.97. The molecule has 0 amide bonds. The number of hydrazine groups is 1. The molecule has 1 heterocycles. The van der Waals surface area contributed by atoms with Crippen LogP contribution in [0.4, 0.5) is 0 Å². The monoisotopic (exact) mass is 254 g/mol. The molecule has 2 saturated carbocycles. The van der Waals surface area contributed by atoms with Gasteiger partial charge in [-0.2, -0.15) is 5.10 Å². The summed E-state index contributed by atoms with van der Waals surface area (Å²) in [5, 5.41) is 4.92. The van der Waals surface area contributed by atoms with E-state index in [1.807, 2.05) is 11.7 Å². The molecule has 1 aromatic rings. The first-order valence-electron chi connectivity index (χ1n) is 6.37. The van der Waals surface area contributed by atoms with Crippen molar-refractivity contribution in [3.05, 3.63) is 16.9 Å². The summed E-state index contributed by atoms with van der Waals surface area (Å²) in [5.41, 5.74) is 3.99. The highest BCUT2D eigenvalue weighted by Crippen LogP contribution is 2.60. The summed E-state index contributed by atoms with van der Waals surface area (Å²) in [7, 11) is 1.93. The Kier molecular flexibility index (Phi) is 2.89. The lowest BCUT2D eigenvalue weighted by atomic mass is 10.0. The summed E-state index contributed by atoms with van der Waals surface area (Å²) < 4.78 is 1.84. The number of hydrogen-bond acceptors (Lipinski definition) is 3. The largest absolute Gasteiger partial charge is 0.271 e. The average Bonchev–Trinajstić information content (AvgIpc) is 2.97. The third-order valence-corrected chi connectivity index (χ3v) is 4.81. The van der Waals surface area contributed by atoms with Crippen LogP contribution < -0.4 is 11.3 Å². The van der Waals surface area contributed by atoms with E-state index in [0.29, 0.717) is 5.92 Å². The predicted molar refractivity (Wildman–Crippen MR) is 67.2 cm³/mol. The van der Waals surface area contributed by atoms with Crippen LogP contribution in [0.1, 0.15) is 37.4 Å². The first-order chi connectivity index (χ1) is 8.24. The Balaban J connectivity index is 1.85. The minimum absolute atomic E-state index is 0.156. The van der Waals surface area contributed by atoms with Crippen molar-refractivity contribution in [3.8, 4) is 0 Å². The van der Waals surface area contributed by atoms with Crippen molar-refractivity contribution in [2.75, 3.05) is 0 Å². The van der Waals surface area contributed by atoms with E-state index in [9.17, 15) is 0 Å². The van der Waals surface area contributed by atoms with Gasteiger partial charge in [-0.05, 0) is 30.6 Å². The van der Waals surface area contributed by atoms with Crippen LogP contribution in [0.25, 0.3) is 0 Å². The van der Waals surface area contributed by atoms with Gasteiger partial charge in [0, 0.05) is 7.05 Å². The van der Waals surface area contributed by atoms with Crippen molar-refractivity contribution in [2.24, 2.45) is 30.6 Å². The number of nitrogens with zero attached hydrogens (tertiary/aromatic N) is 2. The molecule has 3 unspecified atom stereocenters. The molecule has 17 heavy (non-hydrogen) atoms. The Labute approximate surface area is 106 Å². The van der Waals surface area contributed by atoms with Gasteiger partial charge in [-0.3, -0.25) is 16.0 Å². The van der Waals surface area contributed by atoms with Gasteiger partial charge in [0.15, 0.2) is 0 Å². The van der Waals surface area contributed by atoms with Gasteiger partial charge in [0.1, 0.15) is 0 Å². The summed E-state index contributed by atoms with van der Waals surface area (Å²) in [6.07, 6.45) is 7.14. The quantitative estimate of drug-likeness (QED) is 0.641. The number of fused-ring (bicyclic) bond motifs is 1. The van der Waals surface area contributed by atoms with Crippen molar-refractivity contribution in [1.82, 2.24) is 15.2 Å². The van der Waals surface area contributed by atoms with Crippen LogP contribution in [0.3, 0.4) is 0 Å². The Morgan fingerprint density at radius 1 is 1.47 bits per heavy atom. The van der Waals surface area contributed by atoms with Gasteiger partial charge in [-0.1, -0.05) is 24.4 Å². The number of halogens is 1. The number of rotatable bonds is 3. The van der Waals surface area contributed by atoms with Gasteiger partial charge < -0.3 is 0 Å². The Bertz CT molecular complexity index is 385. The topological polar surface area (TPSA) is 55.9 Å². The van der Waals surface area contributed by atoms with Gasteiger partial charge >= 0.3 is 0 Å². The van der Waals surface area contributed by atoms with Crippen molar-refractivity contribution < 1.29 is 0 Å². The SMILES string of the molecule is Cn1ncc(Cl)c1C(NN)C1C2CCCCC21. The standard InChI is InChI=1S/C12H19ClN4/c1-17-12(9(13)6-15-17)11(16-14)10-7-4-2-3-5-8(7)10/h6-8,10-11,16H,2-5,14H2,1H3. The molecular weight excluding hydrogens is 236 g/mol. The number of aromatic nitrogens is 2. The van der Waals surface area contributed by atoms with Crippen molar-refractivity contribution in [1.29, 1.82) is 0 Å².